The predicted octanol–water partition coefficient (Wildman–Crippen LogP) is 4.39. The van der Waals surface area contributed by atoms with Gasteiger partial charge in [-0.05, 0) is 71.6 Å². The zero-order valence-electron chi connectivity index (χ0n) is 15.3. The number of hydrogen-bond acceptors (Lipinski definition) is 3. The fourth-order valence-corrected chi connectivity index (χ4v) is 3.59. The van der Waals surface area contributed by atoms with Crippen LogP contribution in [0.25, 0.3) is 5.69 Å². The summed E-state index contributed by atoms with van der Waals surface area (Å²) in [5, 5.41) is 7.46. The largest absolute Gasteiger partial charge is 0.331 e. The number of anilines is 1. The lowest BCUT2D eigenvalue weighted by molar-refractivity contribution is 0.243. The van der Waals surface area contributed by atoms with Crippen molar-refractivity contribution in [2.45, 2.75) is 25.8 Å². The first-order chi connectivity index (χ1) is 13.5. The van der Waals surface area contributed by atoms with Gasteiger partial charge in [-0.2, -0.15) is 5.10 Å². The van der Waals surface area contributed by atoms with Crippen LogP contribution < -0.4 is 10.2 Å². The quantitative estimate of drug-likeness (QED) is 0.610. The first-order valence-electron chi connectivity index (χ1n) is 9.05. The summed E-state index contributed by atoms with van der Waals surface area (Å²) in [6.07, 6.45) is 5.08. The fourth-order valence-electron chi connectivity index (χ4n) is 3.36. The molecule has 0 fully saturated rings. The van der Waals surface area contributed by atoms with Gasteiger partial charge >= 0.3 is 6.03 Å². The van der Waals surface area contributed by atoms with Gasteiger partial charge in [-0.15, -0.1) is 0 Å². The second-order valence-electron chi connectivity index (χ2n) is 6.71. The van der Waals surface area contributed by atoms with Crippen molar-refractivity contribution >= 4 is 27.6 Å². The second-order valence-corrected chi connectivity index (χ2v) is 7.52. The van der Waals surface area contributed by atoms with Crippen LogP contribution in [0.3, 0.4) is 0 Å². The van der Waals surface area contributed by atoms with E-state index in [1.807, 2.05) is 19.1 Å². The van der Waals surface area contributed by atoms with Crippen LogP contribution in [0.2, 0.25) is 0 Å². The summed E-state index contributed by atoms with van der Waals surface area (Å²) < 4.78 is 15.7. The van der Waals surface area contributed by atoms with E-state index < -0.39 is 0 Å². The van der Waals surface area contributed by atoms with Gasteiger partial charge in [-0.3, -0.25) is 4.90 Å². The highest BCUT2D eigenvalue weighted by Gasteiger charge is 2.27. The molecular weight excluding hydrogens is 425 g/mol. The van der Waals surface area contributed by atoms with Crippen LogP contribution in [0.1, 0.15) is 30.6 Å². The Balaban J connectivity index is 1.55. The van der Waals surface area contributed by atoms with Gasteiger partial charge in [-0.25, -0.2) is 18.9 Å². The fraction of sp³-hybridized carbons (Fsp3) is 0.250. The zero-order valence-corrected chi connectivity index (χ0v) is 16.9. The number of amides is 2. The lowest BCUT2D eigenvalue weighted by Gasteiger charge is -2.28. The summed E-state index contributed by atoms with van der Waals surface area (Å²) in [4.78, 5) is 18.8. The molecule has 6 nitrogen and oxygen atoms in total. The Hall–Kier alpha value is -2.74. The number of nitrogens with zero attached hydrogens (tertiary/aromatic N) is 4. The van der Waals surface area contributed by atoms with Gasteiger partial charge < -0.3 is 5.32 Å². The molecule has 1 atom stereocenters. The normalized spacial score (nSPS) is 14.5. The minimum absolute atomic E-state index is 0.171. The van der Waals surface area contributed by atoms with Gasteiger partial charge in [-0.1, -0.05) is 6.07 Å². The predicted molar refractivity (Wildman–Crippen MR) is 108 cm³/mol. The maximum absolute atomic E-state index is 13.2. The summed E-state index contributed by atoms with van der Waals surface area (Å²) >= 11 is 3.31. The van der Waals surface area contributed by atoms with Crippen molar-refractivity contribution in [1.29, 1.82) is 0 Å². The van der Waals surface area contributed by atoms with Gasteiger partial charge in [0.1, 0.15) is 10.4 Å². The Bertz CT molecular complexity index is 987. The van der Waals surface area contributed by atoms with Crippen LogP contribution in [0.4, 0.5) is 14.9 Å². The number of pyridine rings is 1. The molecular formula is C20H19BrFN5O. The molecule has 1 aromatic carbocycles. The van der Waals surface area contributed by atoms with Gasteiger partial charge in [0.05, 0.1) is 29.3 Å². The van der Waals surface area contributed by atoms with Crippen LogP contribution in [0.15, 0.2) is 53.4 Å². The Morgan fingerprint density at radius 1 is 1.21 bits per heavy atom. The highest BCUT2D eigenvalue weighted by Crippen LogP contribution is 2.29. The highest BCUT2D eigenvalue weighted by molar-refractivity contribution is 9.10. The van der Waals surface area contributed by atoms with E-state index in [-0.39, 0.29) is 17.9 Å². The van der Waals surface area contributed by atoms with Crippen LogP contribution >= 0.6 is 15.9 Å². The Morgan fingerprint density at radius 3 is 2.71 bits per heavy atom. The van der Waals surface area contributed by atoms with E-state index >= 15 is 0 Å². The third-order valence-corrected chi connectivity index (χ3v) is 5.31. The molecule has 2 amide bonds. The zero-order chi connectivity index (χ0) is 19.7. The monoisotopic (exact) mass is 443 g/mol. The maximum Gasteiger partial charge on any atom is 0.322 e. The smallest absolute Gasteiger partial charge is 0.322 e. The molecule has 0 spiro atoms. The molecule has 0 saturated carbocycles. The molecule has 8 heteroatoms. The van der Waals surface area contributed by atoms with Crippen LogP contribution in [-0.2, 0) is 6.42 Å². The number of benzene rings is 1. The van der Waals surface area contributed by atoms with Crippen molar-refractivity contribution in [2.75, 3.05) is 11.4 Å². The number of halogens is 2. The van der Waals surface area contributed by atoms with E-state index in [0.717, 1.165) is 40.1 Å². The topological polar surface area (TPSA) is 63.1 Å². The minimum Gasteiger partial charge on any atom is -0.331 e. The van der Waals surface area contributed by atoms with E-state index in [2.05, 4.69) is 31.3 Å². The average Bonchev–Trinajstić information content (AvgIpc) is 3.13. The number of nitrogens with one attached hydrogen (secondary N) is 1. The maximum atomic E-state index is 13.2. The summed E-state index contributed by atoms with van der Waals surface area (Å²) in [7, 11) is 0. The van der Waals surface area contributed by atoms with Gasteiger partial charge in [0, 0.05) is 12.7 Å². The Labute approximate surface area is 170 Å². The van der Waals surface area contributed by atoms with Crippen LogP contribution in [0, 0.1) is 5.82 Å². The van der Waals surface area contributed by atoms with Crippen molar-refractivity contribution in [3.05, 3.63) is 70.5 Å². The van der Waals surface area contributed by atoms with Crippen molar-refractivity contribution in [3.63, 3.8) is 0 Å². The van der Waals surface area contributed by atoms with Crippen LogP contribution in [-0.4, -0.2) is 27.3 Å². The number of fused-ring (bicyclic) bond motifs is 1. The standard InChI is InChI=1S/C20H19BrFN5O/c1-13(14-4-9-19(21)23-11-14)25-20(28)26-10-2-3-17-18(26)12-24-27(17)16-7-5-15(22)6-8-16/h4-9,11-13H,2-3,10H2,1H3,(H,25,28)/t13-/m0/s1. The SMILES string of the molecule is C[C@H](NC(=O)N1CCCc2c1cnn2-c1ccc(F)cc1)c1ccc(Br)nc1. The molecule has 2 aromatic heterocycles. The molecule has 0 radical (unpaired) electrons. The summed E-state index contributed by atoms with van der Waals surface area (Å²) in [5.74, 6) is -0.290. The van der Waals surface area contributed by atoms with Crippen molar-refractivity contribution in [2.24, 2.45) is 0 Å². The first-order valence-corrected chi connectivity index (χ1v) is 9.84. The highest BCUT2D eigenvalue weighted by atomic mass is 79.9. The Morgan fingerprint density at radius 2 is 2.00 bits per heavy atom. The third-order valence-electron chi connectivity index (χ3n) is 4.84. The number of hydrogen-bond donors (Lipinski definition) is 1. The van der Waals surface area contributed by atoms with E-state index in [9.17, 15) is 9.18 Å². The Kier molecular flexibility index (Phi) is 5.13. The molecule has 0 unspecified atom stereocenters. The van der Waals surface area contributed by atoms with Crippen molar-refractivity contribution < 1.29 is 9.18 Å². The number of carbonyl (C=O) groups excluding carboxylic acids is 1. The molecule has 1 aliphatic rings. The molecule has 0 saturated heterocycles. The molecule has 0 bridgehead atoms. The first kappa shape index (κ1) is 18.6. The van der Waals surface area contributed by atoms with Crippen molar-refractivity contribution in [1.82, 2.24) is 20.1 Å². The lowest BCUT2D eigenvalue weighted by Crippen LogP contribution is -2.43. The summed E-state index contributed by atoms with van der Waals surface area (Å²) in [5.41, 5.74) is 3.44. The summed E-state index contributed by atoms with van der Waals surface area (Å²) in [6.45, 7) is 2.55. The number of urea groups is 1. The second kappa shape index (κ2) is 7.71. The molecule has 0 aliphatic carbocycles. The molecule has 28 heavy (non-hydrogen) atoms. The van der Waals surface area contributed by atoms with E-state index in [0.29, 0.717) is 6.54 Å². The molecule has 144 valence electrons. The molecule has 4 rings (SSSR count). The third kappa shape index (κ3) is 3.64. The van der Waals surface area contributed by atoms with Gasteiger partial charge in [0.2, 0.25) is 0 Å². The van der Waals surface area contributed by atoms with E-state index in [4.69, 9.17) is 0 Å². The van der Waals surface area contributed by atoms with Crippen molar-refractivity contribution in [3.8, 4) is 5.69 Å². The van der Waals surface area contributed by atoms with Crippen LogP contribution in [0.5, 0.6) is 0 Å². The summed E-state index contributed by atoms with van der Waals surface area (Å²) in [6, 6.07) is 9.62. The average molecular weight is 444 g/mol. The molecule has 3 heterocycles. The van der Waals surface area contributed by atoms with E-state index in [1.54, 1.807) is 34.1 Å². The number of aromatic nitrogens is 3. The number of rotatable bonds is 3. The number of carbonyl (C=O) groups is 1. The van der Waals surface area contributed by atoms with Gasteiger partial charge in [0.25, 0.3) is 0 Å². The molecule has 1 aliphatic heterocycles. The van der Waals surface area contributed by atoms with E-state index in [1.165, 1.54) is 12.1 Å². The van der Waals surface area contributed by atoms with Gasteiger partial charge in [0.15, 0.2) is 0 Å². The molecule has 1 N–H and O–H groups in total. The minimum atomic E-state index is -0.290. The molecule has 3 aromatic rings. The lowest BCUT2D eigenvalue weighted by atomic mass is 10.1.